The molecule has 3 saturated heterocycles. The standard InChI is InChI=1S/C21H33N3O5S2/c1-16-4-5-20(30-16)31(26,27)24-7-2-3-17(14-24)21(25)22-13-19(18-6-10-29-15-18)23-8-11-28-12-9-23/h4-5,17-19H,2-3,6-15H2,1H3,(H,22,25). The zero-order valence-electron chi connectivity index (χ0n) is 18.1. The van der Waals surface area contributed by atoms with Crippen LogP contribution in [0.4, 0.5) is 0 Å². The van der Waals surface area contributed by atoms with Crippen molar-refractivity contribution in [3.63, 3.8) is 0 Å². The molecule has 1 amide bonds. The minimum atomic E-state index is -3.54. The predicted octanol–water partition coefficient (Wildman–Crippen LogP) is 1.31. The van der Waals surface area contributed by atoms with E-state index in [2.05, 4.69) is 10.2 Å². The second kappa shape index (κ2) is 10.3. The van der Waals surface area contributed by atoms with Crippen molar-refractivity contribution in [2.45, 2.75) is 36.4 Å². The Balaban J connectivity index is 1.36. The highest BCUT2D eigenvalue weighted by Gasteiger charge is 2.36. The zero-order chi connectivity index (χ0) is 21.8. The average Bonchev–Trinajstić information content (AvgIpc) is 3.47. The van der Waals surface area contributed by atoms with E-state index in [1.165, 1.54) is 15.6 Å². The van der Waals surface area contributed by atoms with Gasteiger partial charge in [0.2, 0.25) is 5.91 Å². The number of sulfonamides is 1. The largest absolute Gasteiger partial charge is 0.381 e. The fraction of sp³-hybridized carbons (Fsp3) is 0.762. The van der Waals surface area contributed by atoms with Crippen LogP contribution in [-0.2, 0) is 24.3 Å². The van der Waals surface area contributed by atoms with E-state index in [0.717, 1.165) is 57.2 Å². The number of hydrogen-bond donors (Lipinski definition) is 1. The topological polar surface area (TPSA) is 88.2 Å². The average molecular weight is 472 g/mol. The van der Waals surface area contributed by atoms with Gasteiger partial charge < -0.3 is 14.8 Å². The molecular formula is C21H33N3O5S2. The van der Waals surface area contributed by atoms with Crippen LogP contribution in [-0.4, -0.2) is 88.7 Å². The van der Waals surface area contributed by atoms with Crippen LogP contribution in [0.1, 0.15) is 24.1 Å². The molecule has 3 aliphatic heterocycles. The van der Waals surface area contributed by atoms with E-state index in [-0.39, 0.29) is 24.4 Å². The number of amides is 1. The van der Waals surface area contributed by atoms with E-state index in [4.69, 9.17) is 9.47 Å². The number of hydrogen-bond acceptors (Lipinski definition) is 7. The van der Waals surface area contributed by atoms with E-state index >= 15 is 0 Å². The minimum Gasteiger partial charge on any atom is -0.381 e. The van der Waals surface area contributed by atoms with Gasteiger partial charge in [-0.15, -0.1) is 11.3 Å². The molecule has 3 fully saturated rings. The molecule has 0 bridgehead atoms. The van der Waals surface area contributed by atoms with Gasteiger partial charge in [-0.1, -0.05) is 0 Å². The van der Waals surface area contributed by atoms with E-state index in [0.29, 0.717) is 29.6 Å². The second-order valence-electron chi connectivity index (χ2n) is 8.65. The molecule has 174 valence electrons. The molecule has 0 radical (unpaired) electrons. The van der Waals surface area contributed by atoms with Crippen LogP contribution >= 0.6 is 11.3 Å². The molecule has 4 heterocycles. The summed E-state index contributed by atoms with van der Waals surface area (Å²) >= 11 is 1.28. The van der Waals surface area contributed by atoms with E-state index < -0.39 is 10.0 Å². The van der Waals surface area contributed by atoms with Crippen LogP contribution in [0.3, 0.4) is 0 Å². The molecule has 4 rings (SSSR count). The first-order valence-electron chi connectivity index (χ1n) is 11.2. The van der Waals surface area contributed by atoms with Crippen molar-refractivity contribution in [3.05, 3.63) is 17.0 Å². The Kier molecular flexibility index (Phi) is 7.66. The van der Waals surface area contributed by atoms with Crippen LogP contribution in [0.5, 0.6) is 0 Å². The molecule has 0 aliphatic carbocycles. The van der Waals surface area contributed by atoms with Crippen LogP contribution in [0.15, 0.2) is 16.3 Å². The molecule has 31 heavy (non-hydrogen) atoms. The Labute approximate surface area is 188 Å². The number of ether oxygens (including phenoxy) is 2. The van der Waals surface area contributed by atoms with E-state index in [1.54, 1.807) is 6.07 Å². The first-order valence-corrected chi connectivity index (χ1v) is 13.4. The predicted molar refractivity (Wildman–Crippen MR) is 119 cm³/mol. The molecular weight excluding hydrogens is 438 g/mol. The van der Waals surface area contributed by atoms with Crippen molar-refractivity contribution in [3.8, 4) is 0 Å². The van der Waals surface area contributed by atoms with Gasteiger partial charge in [-0.2, -0.15) is 4.31 Å². The highest BCUT2D eigenvalue weighted by atomic mass is 32.2. The highest BCUT2D eigenvalue weighted by molar-refractivity contribution is 7.91. The zero-order valence-corrected chi connectivity index (χ0v) is 19.8. The number of nitrogens with zero attached hydrogens (tertiary/aromatic N) is 2. The van der Waals surface area contributed by atoms with Gasteiger partial charge in [-0.05, 0) is 38.3 Å². The number of rotatable bonds is 7. The molecule has 8 nitrogen and oxygen atoms in total. The number of morpholine rings is 1. The second-order valence-corrected chi connectivity index (χ2v) is 12.1. The fourth-order valence-corrected chi connectivity index (χ4v) is 7.72. The van der Waals surface area contributed by atoms with E-state index in [9.17, 15) is 13.2 Å². The van der Waals surface area contributed by atoms with Gasteiger partial charge in [0.1, 0.15) is 4.21 Å². The summed E-state index contributed by atoms with van der Waals surface area (Å²) in [6.07, 6.45) is 2.43. The lowest BCUT2D eigenvalue weighted by atomic mass is 9.95. The van der Waals surface area contributed by atoms with E-state index in [1.807, 2.05) is 13.0 Å². The van der Waals surface area contributed by atoms with Gasteiger partial charge >= 0.3 is 0 Å². The summed E-state index contributed by atoms with van der Waals surface area (Å²) in [5, 5.41) is 3.15. The number of thiophene rings is 1. The van der Waals surface area contributed by atoms with Crippen molar-refractivity contribution in [1.29, 1.82) is 0 Å². The minimum absolute atomic E-state index is 0.0422. The van der Waals surface area contributed by atoms with Crippen LogP contribution in [0, 0.1) is 18.8 Å². The smallest absolute Gasteiger partial charge is 0.252 e. The Morgan fingerprint density at radius 2 is 2.00 bits per heavy atom. The molecule has 3 atom stereocenters. The van der Waals surface area contributed by atoms with Crippen molar-refractivity contribution in [2.24, 2.45) is 11.8 Å². The van der Waals surface area contributed by atoms with Gasteiger partial charge in [0.05, 0.1) is 25.7 Å². The van der Waals surface area contributed by atoms with Crippen molar-refractivity contribution in [1.82, 2.24) is 14.5 Å². The summed E-state index contributed by atoms with van der Waals surface area (Å²) < 4.78 is 38.9. The lowest BCUT2D eigenvalue weighted by Crippen LogP contribution is -2.53. The SMILES string of the molecule is Cc1ccc(S(=O)(=O)N2CCCC(C(=O)NCC(C3CCOC3)N3CCOCC3)C2)s1. The van der Waals surface area contributed by atoms with Gasteiger partial charge in [0, 0.05) is 56.2 Å². The summed E-state index contributed by atoms with van der Waals surface area (Å²) in [4.78, 5) is 16.4. The van der Waals surface area contributed by atoms with Gasteiger partial charge in [-0.3, -0.25) is 9.69 Å². The lowest BCUT2D eigenvalue weighted by molar-refractivity contribution is -0.126. The fourth-order valence-electron chi connectivity index (χ4n) is 4.76. The lowest BCUT2D eigenvalue weighted by Gasteiger charge is -2.38. The van der Waals surface area contributed by atoms with Crippen LogP contribution < -0.4 is 5.32 Å². The van der Waals surface area contributed by atoms with Crippen molar-refractivity contribution in [2.75, 3.05) is 59.2 Å². The molecule has 1 N–H and O–H groups in total. The summed E-state index contributed by atoms with van der Waals surface area (Å²) in [5.74, 6) is 0.0536. The Morgan fingerprint density at radius 1 is 1.19 bits per heavy atom. The highest BCUT2D eigenvalue weighted by Crippen LogP contribution is 2.28. The van der Waals surface area contributed by atoms with Crippen molar-refractivity contribution >= 4 is 27.3 Å². The van der Waals surface area contributed by atoms with Gasteiger partial charge in [-0.25, -0.2) is 8.42 Å². The molecule has 1 aromatic rings. The monoisotopic (exact) mass is 471 g/mol. The molecule has 0 saturated carbocycles. The summed E-state index contributed by atoms with van der Waals surface area (Å²) in [6.45, 7) is 7.87. The Hall–Kier alpha value is -1.04. The molecule has 3 unspecified atom stereocenters. The number of carbonyl (C=O) groups is 1. The molecule has 10 heteroatoms. The first kappa shape index (κ1) is 23.1. The number of nitrogens with one attached hydrogen (secondary N) is 1. The van der Waals surface area contributed by atoms with Crippen LogP contribution in [0.2, 0.25) is 0 Å². The maximum atomic E-state index is 13.0. The normalized spacial score (nSPS) is 27.3. The van der Waals surface area contributed by atoms with Crippen molar-refractivity contribution < 1.29 is 22.7 Å². The first-order chi connectivity index (χ1) is 14.9. The van der Waals surface area contributed by atoms with Gasteiger partial charge in [0.25, 0.3) is 10.0 Å². The summed E-state index contributed by atoms with van der Waals surface area (Å²) in [6, 6.07) is 3.72. The molecule has 3 aliphatic rings. The maximum Gasteiger partial charge on any atom is 0.252 e. The molecule has 1 aromatic heterocycles. The Bertz CT molecular complexity index is 847. The number of aryl methyl sites for hydroxylation is 1. The maximum absolute atomic E-state index is 13.0. The van der Waals surface area contributed by atoms with Gasteiger partial charge in [0.15, 0.2) is 0 Å². The molecule has 0 spiro atoms. The third-order valence-corrected chi connectivity index (χ3v) is 9.91. The Morgan fingerprint density at radius 3 is 2.68 bits per heavy atom. The number of carbonyl (C=O) groups excluding carboxylic acids is 1. The third-order valence-electron chi connectivity index (χ3n) is 6.57. The molecule has 0 aromatic carbocycles. The third kappa shape index (κ3) is 5.48. The summed E-state index contributed by atoms with van der Waals surface area (Å²) in [7, 11) is -3.54. The number of piperidine rings is 1. The van der Waals surface area contributed by atoms with Crippen LogP contribution in [0.25, 0.3) is 0 Å². The quantitative estimate of drug-likeness (QED) is 0.645. The summed E-state index contributed by atoms with van der Waals surface area (Å²) in [5.41, 5.74) is 0.